The van der Waals surface area contributed by atoms with Gasteiger partial charge in [0.1, 0.15) is 17.4 Å². The number of nitrogens with one attached hydrogen (secondary N) is 2. The van der Waals surface area contributed by atoms with Gasteiger partial charge in [-0.2, -0.15) is 4.72 Å². The summed E-state index contributed by atoms with van der Waals surface area (Å²) in [6.45, 7) is 5.98. The Labute approximate surface area is 231 Å². The van der Waals surface area contributed by atoms with Crippen molar-refractivity contribution in [3.63, 3.8) is 0 Å². The van der Waals surface area contributed by atoms with Crippen molar-refractivity contribution in [1.82, 2.24) is 19.8 Å². The number of halogens is 1. The third-order valence-electron chi connectivity index (χ3n) is 6.51. The van der Waals surface area contributed by atoms with Crippen LogP contribution in [-0.4, -0.2) is 78.6 Å². The number of nitrogens with two attached hydrogens (primary N) is 1. The van der Waals surface area contributed by atoms with Crippen molar-refractivity contribution in [2.75, 3.05) is 19.6 Å². The molecule has 15 heteroatoms. The smallest absolute Gasteiger partial charge is 0.371 e. The van der Waals surface area contributed by atoms with Crippen molar-refractivity contribution < 1.29 is 22.9 Å². The van der Waals surface area contributed by atoms with Crippen molar-refractivity contribution in [3.8, 4) is 0 Å². The van der Waals surface area contributed by atoms with Crippen LogP contribution in [0.2, 0.25) is 5.02 Å². The monoisotopic (exact) mass is 581 g/mol. The van der Waals surface area contributed by atoms with E-state index in [1.165, 1.54) is 17.0 Å². The molecule has 1 saturated heterocycles. The van der Waals surface area contributed by atoms with Gasteiger partial charge in [-0.25, -0.2) is 8.42 Å². The second-order valence-electron chi connectivity index (χ2n) is 9.47. The lowest BCUT2D eigenvalue weighted by Crippen LogP contribution is -2.52. The number of carbonyl (C=O) groups excluding carboxylic acids is 2. The third-order valence-corrected chi connectivity index (χ3v) is 8.22. The van der Waals surface area contributed by atoms with Gasteiger partial charge >= 0.3 is 5.96 Å². The summed E-state index contributed by atoms with van der Waals surface area (Å²) in [6.07, 6.45) is 0.619. The molecule has 3 rings (SSSR count). The van der Waals surface area contributed by atoms with Crippen molar-refractivity contribution in [2.45, 2.75) is 56.6 Å². The Bertz CT molecular complexity index is 1380. The van der Waals surface area contributed by atoms with Gasteiger partial charge in [0.2, 0.25) is 21.8 Å². The number of rotatable bonds is 11. The van der Waals surface area contributed by atoms with Crippen LogP contribution in [0.15, 0.2) is 46.6 Å². The molecule has 4 N–H and O–H groups in total. The van der Waals surface area contributed by atoms with Gasteiger partial charge in [0, 0.05) is 24.2 Å². The highest BCUT2D eigenvalue weighted by atomic mass is 35.5. The minimum absolute atomic E-state index is 0.0224. The maximum atomic E-state index is 13.3. The van der Waals surface area contributed by atoms with Crippen molar-refractivity contribution in [2.24, 2.45) is 11.0 Å². The maximum Gasteiger partial charge on any atom is 0.371 e. The van der Waals surface area contributed by atoms with Gasteiger partial charge in [-0.05, 0) is 68.7 Å². The van der Waals surface area contributed by atoms with Crippen molar-refractivity contribution >= 4 is 50.2 Å². The van der Waals surface area contributed by atoms with E-state index in [2.05, 4.69) is 15.3 Å². The Morgan fingerprint density at radius 1 is 1.26 bits per heavy atom. The topological polar surface area (TPSA) is 180 Å². The standard InChI is InChI=1S/C24H32ClN7O6S/c1-15(2)30(11-4-10-27-24(26)32(36)29-35)22(33)16(3)31-12-9-21(23(31)34)28-39(37,38)20-8-6-17-13-19(25)7-5-18(17)14-20/h5-8,13-16,21,27-28H,4,9-12,26H2,1-3H3/b32-24+/t16-,21-/m0/s1. The van der Waals surface area contributed by atoms with Gasteiger partial charge < -0.3 is 15.0 Å². The minimum atomic E-state index is -4.00. The predicted molar refractivity (Wildman–Crippen MR) is 147 cm³/mol. The Hall–Kier alpha value is -3.49. The van der Waals surface area contributed by atoms with E-state index < -0.39 is 34.0 Å². The van der Waals surface area contributed by atoms with Gasteiger partial charge in [0.25, 0.3) is 0 Å². The third kappa shape index (κ3) is 7.13. The van der Waals surface area contributed by atoms with Gasteiger partial charge in [0.05, 0.1) is 11.4 Å². The number of hydrogen-bond donors (Lipinski definition) is 3. The largest absolute Gasteiger partial charge is 0.719 e. The molecule has 2 amide bonds. The average molecular weight is 582 g/mol. The first kappa shape index (κ1) is 30.1. The van der Waals surface area contributed by atoms with Gasteiger partial charge in [-0.1, -0.05) is 23.7 Å². The lowest BCUT2D eigenvalue weighted by Gasteiger charge is -2.33. The molecule has 1 heterocycles. The zero-order chi connectivity index (χ0) is 28.9. The molecule has 1 aliphatic rings. The number of nitroso groups, excluding NO2 is 1. The number of amides is 2. The maximum absolute atomic E-state index is 13.3. The van der Waals surface area contributed by atoms with E-state index in [4.69, 9.17) is 17.3 Å². The number of guanidine groups is 1. The van der Waals surface area contributed by atoms with Crippen LogP contribution in [0.4, 0.5) is 0 Å². The number of nitrogens with zero attached hydrogens (tertiary/aromatic N) is 4. The summed E-state index contributed by atoms with van der Waals surface area (Å²) in [4.78, 5) is 39.3. The molecule has 2 atom stereocenters. The fourth-order valence-electron chi connectivity index (χ4n) is 4.39. The Balaban J connectivity index is 1.63. The van der Waals surface area contributed by atoms with Crippen LogP contribution in [0.5, 0.6) is 0 Å². The van der Waals surface area contributed by atoms with Crippen LogP contribution in [0.25, 0.3) is 10.8 Å². The quantitative estimate of drug-likeness (QED) is 0.0678. The van der Waals surface area contributed by atoms with Crippen LogP contribution >= 0.6 is 11.6 Å². The molecule has 0 aromatic heterocycles. The zero-order valence-corrected chi connectivity index (χ0v) is 23.4. The van der Waals surface area contributed by atoms with Crippen LogP contribution < -0.4 is 15.8 Å². The van der Waals surface area contributed by atoms with Crippen LogP contribution in [-0.2, 0) is 19.6 Å². The summed E-state index contributed by atoms with van der Waals surface area (Å²) in [5.74, 6) is -1.23. The molecule has 13 nitrogen and oxygen atoms in total. The number of carbonyl (C=O) groups is 2. The van der Waals surface area contributed by atoms with E-state index >= 15 is 0 Å². The average Bonchev–Trinajstić information content (AvgIpc) is 3.25. The number of sulfonamides is 1. The van der Waals surface area contributed by atoms with E-state index in [0.29, 0.717) is 23.4 Å². The summed E-state index contributed by atoms with van der Waals surface area (Å²) in [5.41, 5.74) is 5.38. The number of benzene rings is 2. The Morgan fingerprint density at radius 3 is 2.59 bits per heavy atom. The predicted octanol–water partition coefficient (Wildman–Crippen LogP) is 1.48. The van der Waals surface area contributed by atoms with Crippen molar-refractivity contribution in [1.29, 1.82) is 0 Å². The number of likely N-dealkylation sites (tertiary alicyclic amines) is 1. The minimum Gasteiger partial charge on any atom is -0.719 e. The molecule has 0 spiro atoms. The molecule has 0 saturated carbocycles. The first-order valence-electron chi connectivity index (χ1n) is 12.3. The normalized spacial score (nSPS) is 17.3. The lowest BCUT2D eigenvalue weighted by molar-refractivity contribution is -0.468. The highest BCUT2D eigenvalue weighted by molar-refractivity contribution is 7.89. The van der Waals surface area contributed by atoms with Gasteiger partial charge in [-0.15, -0.1) is 9.75 Å². The van der Waals surface area contributed by atoms with E-state index in [-0.39, 0.29) is 41.2 Å². The summed E-state index contributed by atoms with van der Waals surface area (Å²) < 4.78 is 28.6. The first-order valence-corrected chi connectivity index (χ1v) is 14.2. The van der Waals surface area contributed by atoms with E-state index in [9.17, 15) is 28.1 Å². The highest BCUT2D eigenvalue weighted by Gasteiger charge is 2.40. The molecule has 2 aromatic carbocycles. The number of hydrogen-bond acceptors (Lipinski definition) is 7. The molecule has 39 heavy (non-hydrogen) atoms. The molecule has 1 fully saturated rings. The summed E-state index contributed by atoms with van der Waals surface area (Å²) >= 11 is 6.00. The Morgan fingerprint density at radius 2 is 1.92 bits per heavy atom. The molecule has 1 aliphatic heterocycles. The van der Waals surface area contributed by atoms with Gasteiger partial charge in [0.15, 0.2) is 0 Å². The second kappa shape index (κ2) is 12.6. The van der Waals surface area contributed by atoms with Crippen LogP contribution in [0.3, 0.4) is 0 Å². The van der Waals surface area contributed by atoms with Crippen LogP contribution in [0, 0.1) is 10.1 Å². The second-order valence-corrected chi connectivity index (χ2v) is 11.6. The SMILES string of the molecule is CC(C)N(CCCN/C(N)=[N+](/[O-])N=O)C(=O)[C@H](C)N1CC[C@H](NS(=O)(=O)c2ccc3cc(Cl)ccc3c2)C1=O. The molecule has 0 aliphatic carbocycles. The fraction of sp³-hybridized carbons (Fsp3) is 0.458. The number of fused-ring (bicyclic) bond motifs is 1. The summed E-state index contributed by atoms with van der Waals surface area (Å²) in [7, 11) is -4.00. The lowest BCUT2D eigenvalue weighted by atomic mass is 10.1. The van der Waals surface area contributed by atoms with Gasteiger partial charge in [-0.3, -0.25) is 20.6 Å². The molecule has 2 aromatic rings. The molecule has 212 valence electrons. The van der Waals surface area contributed by atoms with E-state index in [1.807, 2.05) is 13.8 Å². The van der Waals surface area contributed by atoms with Crippen molar-refractivity contribution in [3.05, 3.63) is 51.5 Å². The first-order chi connectivity index (χ1) is 18.4. The molecule has 0 radical (unpaired) electrons. The van der Waals surface area contributed by atoms with Crippen LogP contribution in [0.1, 0.15) is 33.6 Å². The van der Waals surface area contributed by atoms with E-state index in [0.717, 1.165) is 5.39 Å². The fourth-order valence-corrected chi connectivity index (χ4v) is 5.83. The molecular weight excluding hydrogens is 550 g/mol. The molecule has 0 unspecified atom stereocenters. The summed E-state index contributed by atoms with van der Waals surface area (Å²) in [5, 5.41) is 17.8. The van der Waals surface area contributed by atoms with E-state index in [1.54, 1.807) is 36.1 Å². The molecular formula is C24H32ClN7O6S. The zero-order valence-electron chi connectivity index (χ0n) is 21.8. The summed E-state index contributed by atoms with van der Waals surface area (Å²) in [6, 6.07) is 7.73. The molecule has 0 bridgehead atoms. The Kier molecular flexibility index (Phi) is 9.69. The highest BCUT2D eigenvalue weighted by Crippen LogP contribution is 2.24.